The summed E-state index contributed by atoms with van der Waals surface area (Å²) >= 11 is 1.60. The molecular formula is C22H20N4O2S. The van der Waals surface area contributed by atoms with E-state index in [2.05, 4.69) is 16.3 Å². The van der Waals surface area contributed by atoms with Gasteiger partial charge in [0.25, 0.3) is 5.91 Å². The molecule has 0 spiro atoms. The van der Waals surface area contributed by atoms with Gasteiger partial charge in [-0.3, -0.25) is 4.79 Å². The van der Waals surface area contributed by atoms with Crippen molar-refractivity contribution >= 4 is 17.2 Å². The summed E-state index contributed by atoms with van der Waals surface area (Å²) in [7, 11) is 1.65. The SMILES string of the molecule is COc1ccccc1-c1nnc(C2CCN(C(=O)c3ccc(C#N)cc3)CC2)s1. The second-order valence-corrected chi connectivity index (χ2v) is 7.91. The molecular weight excluding hydrogens is 384 g/mol. The highest BCUT2D eigenvalue weighted by atomic mass is 32.1. The summed E-state index contributed by atoms with van der Waals surface area (Å²) in [6.07, 6.45) is 1.73. The van der Waals surface area contributed by atoms with Crippen molar-refractivity contribution in [3.05, 3.63) is 64.7 Å². The Hall–Kier alpha value is -3.24. The quantitative estimate of drug-likeness (QED) is 0.654. The number of carbonyl (C=O) groups excluding carboxylic acids is 1. The zero-order chi connectivity index (χ0) is 20.2. The monoisotopic (exact) mass is 404 g/mol. The first kappa shape index (κ1) is 19.1. The predicted molar refractivity (Wildman–Crippen MR) is 111 cm³/mol. The summed E-state index contributed by atoms with van der Waals surface area (Å²) in [4.78, 5) is 14.6. The number of nitrogens with zero attached hydrogens (tertiary/aromatic N) is 4. The molecule has 0 N–H and O–H groups in total. The van der Waals surface area contributed by atoms with Crippen LogP contribution in [0.3, 0.4) is 0 Å². The summed E-state index contributed by atoms with van der Waals surface area (Å²) in [5.41, 5.74) is 2.13. The van der Waals surface area contributed by atoms with Gasteiger partial charge in [0.1, 0.15) is 10.8 Å². The Kier molecular flexibility index (Phi) is 5.54. The van der Waals surface area contributed by atoms with E-state index < -0.39 is 0 Å². The van der Waals surface area contributed by atoms with E-state index in [-0.39, 0.29) is 5.91 Å². The average Bonchev–Trinajstić information content (AvgIpc) is 3.29. The fourth-order valence-electron chi connectivity index (χ4n) is 3.53. The molecule has 0 saturated carbocycles. The van der Waals surface area contributed by atoms with Crippen LogP contribution < -0.4 is 4.74 Å². The third-order valence-corrected chi connectivity index (χ3v) is 6.29. The number of nitriles is 1. The number of methoxy groups -OCH3 is 1. The lowest BCUT2D eigenvalue weighted by atomic mass is 9.97. The van der Waals surface area contributed by atoms with Crippen LogP contribution in [0.25, 0.3) is 10.6 Å². The third kappa shape index (κ3) is 3.98. The molecule has 146 valence electrons. The van der Waals surface area contributed by atoms with Gasteiger partial charge in [0.05, 0.1) is 24.3 Å². The van der Waals surface area contributed by atoms with Gasteiger partial charge in [-0.25, -0.2) is 0 Å². The molecule has 6 nitrogen and oxygen atoms in total. The highest BCUT2D eigenvalue weighted by molar-refractivity contribution is 7.14. The molecule has 2 aromatic carbocycles. The number of amides is 1. The minimum atomic E-state index is 0.0138. The molecule has 0 aliphatic carbocycles. The molecule has 1 amide bonds. The number of hydrogen-bond acceptors (Lipinski definition) is 6. The first-order valence-corrected chi connectivity index (χ1v) is 10.3. The van der Waals surface area contributed by atoms with Crippen LogP contribution in [0, 0.1) is 11.3 Å². The van der Waals surface area contributed by atoms with Gasteiger partial charge in [-0.2, -0.15) is 5.26 Å². The molecule has 0 unspecified atom stereocenters. The van der Waals surface area contributed by atoms with Crippen LogP contribution in [-0.4, -0.2) is 41.2 Å². The molecule has 1 aromatic heterocycles. The topological polar surface area (TPSA) is 79.1 Å². The first-order valence-electron chi connectivity index (χ1n) is 9.46. The van der Waals surface area contributed by atoms with Crippen molar-refractivity contribution < 1.29 is 9.53 Å². The van der Waals surface area contributed by atoms with Crippen LogP contribution in [-0.2, 0) is 0 Å². The van der Waals surface area contributed by atoms with Gasteiger partial charge in [-0.15, -0.1) is 10.2 Å². The van der Waals surface area contributed by atoms with Gasteiger partial charge < -0.3 is 9.64 Å². The average molecular weight is 404 g/mol. The number of ether oxygens (including phenoxy) is 1. The number of likely N-dealkylation sites (tertiary alicyclic amines) is 1. The molecule has 1 aliphatic rings. The maximum Gasteiger partial charge on any atom is 0.253 e. The first-order chi connectivity index (χ1) is 14.2. The number of benzene rings is 2. The van der Waals surface area contributed by atoms with Crippen molar-refractivity contribution in [2.45, 2.75) is 18.8 Å². The van der Waals surface area contributed by atoms with E-state index in [4.69, 9.17) is 10.00 Å². The minimum Gasteiger partial charge on any atom is -0.496 e. The molecule has 4 rings (SSSR count). The Bertz CT molecular complexity index is 1050. The van der Waals surface area contributed by atoms with Crippen LogP contribution in [0.5, 0.6) is 5.75 Å². The van der Waals surface area contributed by atoms with Gasteiger partial charge in [-0.05, 0) is 49.2 Å². The lowest BCUT2D eigenvalue weighted by molar-refractivity contribution is 0.0713. The fourth-order valence-corrected chi connectivity index (χ4v) is 4.57. The fraction of sp³-hybridized carbons (Fsp3) is 0.273. The Morgan fingerprint density at radius 2 is 1.86 bits per heavy atom. The predicted octanol–water partition coefficient (Wildman–Crippen LogP) is 4.11. The van der Waals surface area contributed by atoms with Gasteiger partial charge in [-0.1, -0.05) is 23.5 Å². The summed E-state index contributed by atoms with van der Waals surface area (Å²) in [6, 6.07) is 16.7. The molecule has 0 atom stereocenters. The van der Waals surface area contributed by atoms with Crippen molar-refractivity contribution in [1.29, 1.82) is 5.26 Å². The van der Waals surface area contributed by atoms with Crippen molar-refractivity contribution in [2.24, 2.45) is 0 Å². The van der Waals surface area contributed by atoms with E-state index >= 15 is 0 Å². The minimum absolute atomic E-state index is 0.0138. The Balaban J connectivity index is 1.42. The zero-order valence-electron chi connectivity index (χ0n) is 16.0. The Morgan fingerprint density at radius 3 is 2.55 bits per heavy atom. The van der Waals surface area contributed by atoms with Crippen LogP contribution in [0.2, 0.25) is 0 Å². The molecule has 29 heavy (non-hydrogen) atoms. The Labute approximate surface area is 173 Å². The van der Waals surface area contributed by atoms with Crippen LogP contribution in [0.4, 0.5) is 0 Å². The van der Waals surface area contributed by atoms with Gasteiger partial charge >= 0.3 is 0 Å². The van der Waals surface area contributed by atoms with Crippen LogP contribution >= 0.6 is 11.3 Å². The number of para-hydroxylation sites is 1. The van der Waals surface area contributed by atoms with E-state index in [0.717, 1.165) is 34.2 Å². The van der Waals surface area contributed by atoms with Gasteiger partial charge in [0.2, 0.25) is 0 Å². The number of rotatable bonds is 4. The maximum atomic E-state index is 12.7. The standard InChI is InChI=1S/C22H20N4O2S/c1-28-19-5-3-2-4-18(19)21-25-24-20(29-21)16-10-12-26(13-11-16)22(27)17-8-6-15(14-23)7-9-17/h2-9,16H,10-13H2,1H3. The molecule has 7 heteroatoms. The van der Waals surface area contributed by atoms with Gasteiger partial charge in [0.15, 0.2) is 5.01 Å². The van der Waals surface area contributed by atoms with Crippen molar-refractivity contribution in [3.63, 3.8) is 0 Å². The second kappa shape index (κ2) is 8.41. The molecule has 0 radical (unpaired) electrons. The van der Waals surface area contributed by atoms with E-state index in [0.29, 0.717) is 30.1 Å². The molecule has 1 fully saturated rings. The van der Waals surface area contributed by atoms with Gasteiger partial charge in [0, 0.05) is 24.6 Å². The highest BCUT2D eigenvalue weighted by Crippen LogP contribution is 2.36. The van der Waals surface area contributed by atoms with E-state index in [1.807, 2.05) is 29.2 Å². The lowest BCUT2D eigenvalue weighted by Crippen LogP contribution is -2.37. The number of hydrogen-bond donors (Lipinski definition) is 0. The normalized spacial score (nSPS) is 14.4. The summed E-state index contributed by atoms with van der Waals surface area (Å²) in [6.45, 7) is 1.38. The van der Waals surface area contributed by atoms with E-state index in [9.17, 15) is 4.79 Å². The number of piperidine rings is 1. The molecule has 1 aliphatic heterocycles. The molecule has 3 aromatic rings. The van der Waals surface area contributed by atoms with Crippen molar-refractivity contribution in [1.82, 2.24) is 15.1 Å². The molecule has 0 bridgehead atoms. The largest absolute Gasteiger partial charge is 0.496 e. The number of carbonyl (C=O) groups is 1. The number of aromatic nitrogens is 2. The molecule has 2 heterocycles. The Morgan fingerprint density at radius 1 is 1.14 bits per heavy atom. The molecule has 1 saturated heterocycles. The summed E-state index contributed by atoms with van der Waals surface area (Å²) < 4.78 is 5.43. The van der Waals surface area contributed by atoms with E-state index in [1.54, 1.807) is 42.7 Å². The van der Waals surface area contributed by atoms with Crippen molar-refractivity contribution in [3.8, 4) is 22.4 Å². The third-order valence-electron chi connectivity index (χ3n) is 5.17. The van der Waals surface area contributed by atoms with E-state index in [1.165, 1.54) is 0 Å². The summed E-state index contributed by atoms with van der Waals surface area (Å²) in [5, 5.41) is 19.5. The second-order valence-electron chi connectivity index (χ2n) is 6.90. The zero-order valence-corrected chi connectivity index (χ0v) is 16.9. The van der Waals surface area contributed by atoms with Crippen LogP contribution in [0.1, 0.15) is 39.7 Å². The van der Waals surface area contributed by atoms with Crippen LogP contribution in [0.15, 0.2) is 48.5 Å². The lowest BCUT2D eigenvalue weighted by Gasteiger charge is -2.31. The summed E-state index contributed by atoms with van der Waals surface area (Å²) in [5.74, 6) is 1.11. The smallest absolute Gasteiger partial charge is 0.253 e. The maximum absolute atomic E-state index is 12.7. The highest BCUT2D eigenvalue weighted by Gasteiger charge is 2.27. The van der Waals surface area contributed by atoms with Crippen molar-refractivity contribution in [2.75, 3.05) is 20.2 Å².